The summed E-state index contributed by atoms with van der Waals surface area (Å²) >= 11 is 0. The molecule has 0 spiro atoms. The van der Waals surface area contributed by atoms with Crippen molar-refractivity contribution in [1.29, 1.82) is 0 Å². The number of para-hydroxylation sites is 3. The number of aromatic hydroxyl groups is 2. The van der Waals surface area contributed by atoms with Crippen molar-refractivity contribution in [2.75, 3.05) is 0 Å². The van der Waals surface area contributed by atoms with Crippen molar-refractivity contribution in [3.63, 3.8) is 0 Å². The number of rotatable bonds is 2. The average Bonchev–Trinajstić information content (AvgIpc) is 2.30. The van der Waals surface area contributed by atoms with E-state index in [0.29, 0.717) is 11.3 Å². The van der Waals surface area contributed by atoms with E-state index >= 15 is 0 Å². The van der Waals surface area contributed by atoms with Crippen LogP contribution in [0.2, 0.25) is 0 Å². The molecule has 2 aromatic carbocycles. The molecule has 80 valence electrons. The quantitative estimate of drug-likeness (QED) is 0.655. The molecular weight excluding hydrogens is 268 g/mol. The van der Waals surface area contributed by atoms with Gasteiger partial charge in [0.2, 0.25) is 0 Å². The minimum absolute atomic E-state index is 0. The molecule has 0 fully saturated rings. The van der Waals surface area contributed by atoms with Gasteiger partial charge in [-0.1, -0.05) is 24.3 Å². The van der Waals surface area contributed by atoms with Gasteiger partial charge in [-0.15, -0.1) is 0 Å². The Labute approximate surface area is 112 Å². The van der Waals surface area contributed by atoms with Crippen molar-refractivity contribution in [3.05, 3.63) is 54.1 Å². The van der Waals surface area contributed by atoms with E-state index < -0.39 is 0 Å². The number of nitrogens with zero attached hydrogens (tertiary/aromatic N) is 1. The smallest absolute Gasteiger partial charge is 0.507 e. The van der Waals surface area contributed by atoms with Crippen molar-refractivity contribution in [2.24, 2.45) is 4.99 Å². The molecule has 4 heteroatoms. The molecule has 17 heavy (non-hydrogen) atoms. The monoisotopic (exact) mass is 277 g/mol. The summed E-state index contributed by atoms with van der Waals surface area (Å²) in [6.45, 7) is 0. The van der Waals surface area contributed by atoms with Crippen molar-refractivity contribution in [2.45, 2.75) is 0 Å². The average molecular weight is 279 g/mol. The third-order valence-corrected chi connectivity index (χ3v) is 2.16. The standard InChI is InChI=1S/C13H11NO2.Zn/c15-12-7-3-1-5-10(12)9-14-11-6-2-4-8-13(11)16;/h1-9,15-16H;/q;+2. The number of phenols is 2. The molecule has 0 radical (unpaired) electrons. The maximum Gasteiger partial charge on any atom is 2.00 e. The van der Waals surface area contributed by atoms with Crippen LogP contribution in [-0.4, -0.2) is 16.4 Å². The van der Waals surface area contributed by atoms with Gasteiger partial charge in [-0.25, -0.2) is 0 Å². The Morgan fingerprint density at radius 2 is 1.41 bits per heavy atom. The van der Waals surface area contributed by atoms with Gasteiger partial charge in [-0.05, 0) is 24.3 Å². The van der Waals surface area contributed by atoms with Crippen molar-refractivity contribution in [3.8, 4) is 11.5 Å². The SMILES string of the molecule is Oc1ccccc1C=Nc1ccccc1O.[Zn+2]. The van der Waals surface area contributed by atoms with Gasteiger partial charge in [0.25, 0.3) is 0 Å². The Morgan fingerprint density at radius 3 is 2.06 bits per heavy atom. The summed E-state index contributed by atoms with van der Waals surface area (Å²) in [6, 6.07) is 13.7. The summed E-state index contributed by atoms with van der Waals surface area (Å²) in [5, 5.41) is 19.0. The number of aliphatic imine (C=N–C) groups is 1. The molecule has 0 amide bonds. The van der Waals surface area contributed by atoms with Gasteiger partial charge in [0.05, 0.1) is 0 Å². The van der Waals surface area contributed by atoms with Gasteiger partial charge in [0, 0.05) is 11.8 Å². The van der Waals surface area contributed by atoms with E-state index in [4.69, 9.17) is 0 Å². The first kappa shape index (κ1) is 13.4. The fourth-order valence-electron chi connectivity index (χ4n) is 1.31. The largest absolute Gasteiger partial charge is 2.00 e. The Morgan fingerprint density at radius 1 is 0.824 bits per heavy atom. The van der Waals surface area contributed by atoms with E-state index in [1.807, 2.05) is 6.07 Å². The predicted molar refractivity (Wildman–Crippen MR) is 63.5 cm³/mol. The summed E-state index contributed by atoms with van der Waals surface area (Å²) in [5.74, 6) is 0.288. The zero-order chi connectivity index (χ0) is 11.4. The van der Waals surface area contributed by atoms with Crippen molar-refractivity contribution < 1.29 is 29.7 Å². The van der Waals surface area contributed by atoms with Gasteiger partial charge in [-0.2, -0.15) is 0 Å². The topological polar surface area (TPSA) is 52.8 Å². The van der Waals surface area contributed by atoms with Gasteiger partial charge < -0.3 is 10.2 Å². The van der Waals surface area contributed by atoms with Gasteiger partial charge in [-0.3, -0.25) is 4.99 Å². The van der Waals surface area contributed by atoms with Gasteiger partial charge in [0.1, 0.15) is 17.2 Å². The van der Waals surface area contributed by atoms with Crippen LogP contribution in [0.25, 0.3) is 0 Å². The molecule has 0 atom stereocenters. The number of phenolic OH excluding ortho intramolecular Hbond substituents is 2. The van der Waals surface area contributed by atoms with Crippen LogP contribution >= 0.6 is 0 Å². The van der Waals surface area contributed by atoms with Gasteiger partial charge in [0.15, 0.2) is 0 Å². The van der Waals surface area contributed by atoms with Crippen LogP contribution in [0.15, 0.2) is 53.5 Å². The van der Waals surface area contributed by atoms with E-state index in [-0.39, 0.29) is 31.0 Å². The van der Waals surface area contributed by atoms with Gasteiger partial charge >= 0.3 is 19.5 Å². The summed E-state index contributed by atoms with van der Waals surface area (Å²) < 4.78 is 0. The molecule has 3 nitrogen and oxygen atoms in total. The molecule has 0 unspecified atom stereocenters. The molecule has 0 aromatic heterocycles. The number of hydrogen-bond acceptors (Lipinski definition) is 3. The van der Waals surface area contributed by atoms with Crippen LogP contribution in [0, 0.1) is 0 Å². The van der Waals surface area contributed by atoms with Crippen molar-refractivity contribution in [1.82, 2.24) is 0 Å². The molecule has 0 saturated carbocycles. The first-order chi connectivity index (χ1) is 7.77. The summed E-state index contributed by atoms with van der Waals surface area (Å²) in [6.07, 6.45) is 1.52. The van der Waals surface area contributed by atoms with Crippen LogP contribution in [0.4, 0.5) is 5.69 Å². The molecule has 2 N–H and O–H groups in total. The first-order valence-electron chi connectivity index (χ1n) is 4.87. The molecule has 0 aliphatic heterocycles. The normalized spacial score (nSPS) is 10.1. The van der Waals surface area contributed by atoms with Crippen molar-refractivity contribution >= 4 is 11.9 Å². The van der Waals surface area contributed by atoms with Crippen LogP contribution < -0.4 is 0 Å². The Balaban J connectivity index is 0.00000144. The van der Waals surface area contributed by atoms with E-state index in [9.17, 15) is 10.2 Å². The third-order valence-electron chi connectivity index (χ3n) is 2.16. The minimum atomic E-state index is 0. The van der Waals surface area contributed by atoms with Crippen LogP contribution in [0.3, 0.4) is 0 Å². The molecule has 0 heterocycles. The van der Waals surface area contributed by atoms with Crippen LogP contribution in [0.1, 0.15) is 5.56 Å². The molecule has 2 rings (SSSR count). The maximum absolute atomic E-state index is 9.50. The molecule has 0 saturated heterocycles. The number of benzene rings is 2. The van der Waals surface area contributed by atoms with Crippen LogP contribution in [-0.2, 0) is 19.5 Å². The maximum atomic E-state index is 9.50. The second-order valence-electron chi connectivity index (χ2n) is 3.31. The third kappa shape index (κ3) is 3.40. The second kappa shape index (κ2) is 6.16. The Kier molecular flexibility index (Phi) is 4.86. The predicted octanol–water partition coefficient (Wildman–Crippen LogP) is 2.85. The van der Waals surface area contributed by atoms with E-state index in [2.05, 4.69) is 4.99 Å². The zero-order valence-corrected chi connectivity index (χ0v) is 12.2. The first-order valence-corrected chi connectivity index (χ1v) is 4.87. The second-order valence-corrected chi connectivity index (χ2v) is 3.31. The molecule has 2 aromatic rings. The Hall–Kier alpha value is -1.67. The summed E-state index contributed by atoms with van der Waals surface area (Å²) in [7, 11) is 0. The minimum Gasteiger partial charge on any atom is -0.507 e. The summed E-state index contributed by atoms with van der Waals surface area (Å²) in [4.78, 5) is 4.10. The fraction of sp³-hybridized carbons (Fsp3) is 0. The molecule has 0 aliphatic rings. The van der Waals surface area contributed by atoms with E-state index in [1.54, 1.807) is 42.5 Å². The zero-order valence-electron chi connectivity index (χ0n) is 9.24. The molecule has 0 bridgehead atoms. The van der Waals surface area contributed by atoms with Crippen LogP contribution in [0.5, 0.6) is 11.5 Å². The Bertz CT molecular complexity index is 479. The molecule has 0 aliphatic carbocycles. The van der Waals surface area contributed by atoms with E-state index in [1.165, 1.54) is 6.21 Å². The summed E-state index contributed by atoms with van der Waals surface area (Å²) in [5.41, 5.74) is 1.09. The van der Waals surface area contributed by atoms with E-state index in [0.717, 1.165) is 0 Å². The fourth-order valence-corrected chi connectivity index (χ4v) is 1.31. The molecular formula is C13H11NO2Zn+2. The number of hydrogen-bond donors (Lipinski definition) is 2.